The van der Waals surface area contributed by atoms with E-state index < -0.39 is 17.8 Å². The van der Waals surface area contributed by atoms with Crippen LogP contribution in [-0.2, 0) is 16.1 Å². The number of nitrogens with one attached hydrogen (secondary N) is 1. The number of carboxylic acid groups (broad SMARTS) is 1. The highest BCUT2D eigenvalue weighted by molar-refractivity contribution is 5.95. The van der Waals surface area contributed by atoms with E-state index in [9.17, 15) is 14.7 Å². The van der Waals surface area contributed by atoms with Crippen molar-refractivity contribution in [3.8, 4) is 0 Å². The topological polar surface area (TPSA) is 84.2 Å². The number of anilines is 1. The van der Waals surface area contributed by atoms with Crippen molar-refractivity contribution in [3.63, 3.8) is 0 Å². The van der Waals surface area contributed by atoms with Crippen LogP contribution in [0.2, 0.25) is 0 Å². The number of nitrogens with zero attached hydrogens (tertiary/aromatic N) is 2. The van der Waals surface area contributed by atoms with Crippen LogP contribution in [-0.4, -0.2) is 26.8 Å². The molecule has 4 atom stereocenters. The zero-order chi connectivity index (χ0) is 18.3. The number of carbonyl (C=O) groups excluding carboxylic acids is 1. The SMILES string of the molecule is Cc1ccc(Cn2ccc(NC(=O)[C@@H]3[C@H]4CC[C@@H](C4)[C@H]3C(=O)O)n2)cc1. The van der Waals surface area contributed by atoms with Gasteiger partial charge in [0.25, 0.3) is 0 Å². The summed E-state index contributed by atoms with van der Waals surface area (Å²) < 4.78 is 1.77. The van der Waals surface area contributed by atoms with Crippen LogP contribution in [0.5, 0.6) is 0 Å². The van der Waals surface area contributed by atoms with Crippen LogP contribution in [0.25, 0.3) is 0 Å². The van der Waals surface area contributed by atoms with Gasteiger partial charge in [-0.3, -0.25) is 14.3 Å². The first-order valence-electron chi connectivity index (χ1n) is 9.14. The second kappa shape index (κ2) is 6.59. The molecule has 2 saturated carbocycles. The summed E-state index contributed by atoms with van der Waals surface area (Å²) in [7, 11) is 0. The molecule has 1 aromatic heterocycles. The Bertz CT molecular complexity index is 827. The number of carboxylic acids is 1. The van der Waals surface area contributed by atoms with Crippen LogP contribution >= 0.6 is 0 Å². The summed E-state index contributed by atoms with van der Waals surface area (Å²) in [5, 5.41) is 16.8. The number of rotatable bonds is 5. The van der Waals surface area contributed by atoms with Gasteiger partial charge in [-0.25, -0.2) is 0 Å². The first-order chi connectivity index (χ1) is 12.5. The molecule has 26 heavy (non-hydrogen) atoms. The molecule has 0 saturated heterocycles. The van der Waals surface area contributed by atoms with E-state index in [4.69, 9.17) is 0 Å². The normalized spacial score (nSPS) is 26.8. The number of fused-ring (bicyclic) bond motifs is 2. The highest BCUT2D eigenvalue weighted by Crippen LogP contribution is 2.52. The fourth-order valence-corrected chi connectivity index (χ4v) is 4.63. The average Bonchev–Trinajstić information content (AvgIpc) is 3.32. The van der Waals surface area contributed by atoms with Gasteiger partial charge in [-0.2, -0.15) is 5.10 Å². The molecular formula is C20H23N3O3. The van der Waals surface area contributed by atoms with E-state index in [1.165, 1.54) is 5.56 Å². The Labute approximate surface area is 152 Å². The van der Waals surface area contributed by atoms with Gasteiger partial charge in [-0.05, 0) is 43.6 Å². The third kappa shape index (κ3) is 3.11. The first kappa shape index (κ1) is 16.8. The maximum absolute atomic E-state index is 12.7. The third-order valence-electron chi connectivity index (χ3n) is 5.86. The molecule has 1 amide bonds. The highest BCUT2D eigenvalue weighted by atomic mass is 16.4. The molecule has 2 N–H and O–H groups in total. The molecule has 2 fully saturated rings. The molecule has 136 valence electrons. The monoisotopic (exact) mass is 353 g/mol. The number of hydrogen-bond acceptors (Lipinski definition) is 3. The van der Waals surface area contributed by atoms with Crippen molar-refractivity contribution < 1.29 is 14.7 Å². The van der Waals surface area contributed by atoms with Crippen molar-refractivity contribution in [3.05, 3.63) is 47.7 Å². The summed E-state index contributed by atoms with van der Waals surface area (Å²) in [5.41, 5.74) is 2.34. The molecule has 1 aromatic carbocycles. The predicted octanol–water partition coefficient (Wildman–Crippen LogP) is 2.93. The number of aliphatic carboxylic acids is 1. The van der Waals surface area contributed by atoms with Crippen molar-refractivity contribution in [2.75, 3.05) is 5.32 Å². The van der Waals surface area contributed by atoms with Gasteiger partial charge in [-0.15, -0.1) is 0 Å². The van der Waals surface area contributed by atoms with Crippen molar-refractivity contribution >= 4 is 17.7 Å². The van der Waals surface area contributed by atoms with Crippen LogP contribution in [0.3, 0.4) is 0 Å². The van der Waals surface area contributed by atoms with Crippen LogP contribution in [0.1, 0.15) is 30.4 Å². The molecule has 2 bridgehead atoms. The highest BCUT2D eigenvalue weighted by Gasteiger charge is 2.54. The number of benzene rings is 1. The fraction of sp³-hybridized carbons (Fsp3) is 0.450. The molecule has 1 heterocycles. The summed E-state index contributed by atoms with van der Waals surface area (Å²) in [4.78, 5) is 24.3. The zero-order valence-electron chi connectivity index (χ0n) is 14.8. The summed E-state index contributed by atoms with van der Waals surface area (Å²) >= 11 is 0. The third-order valence-corrected chi connectivity index (χ3v) is 5.86. The minimum atomic E-state index is -0.845. The van der Waals surface area contributed by atoms with E-state index in [0.29, 0.717) is 12.4 Å². The van der Waals surface area contributed by atoms with Crippen molar-refractivity contribution in [1.82, 2.24) is 9.78 Å². The van der Waals surface area contributed by atoms with E-state index in [-0.39, 0.29) is 17.7 Å². The lowest BCUT2D eigenvalue weighted by atomic mass is 9.79. The molecule has 2 aliphatic rings. The summed E-state index contributed by atoms with van der Waals surface area (Å²) in [6.07, 6.45) is 4.56. The maximum atomic E-state index is 12.7. The average molecular weight is 353 g/mol. The fourth-order valence-electron chi connectivity index (χ4n) is 4.63. The second-order valence-corrected chi connectivity index (χ2v) is 7.60. The van der Waals surface area contributed by atoms with Gasteiger partial charge in [0.15, 0.2) is 5.82 Å². The van der Waals surface area contributed by atoms with Gasteiger partial charge >= 0.3 is 5.97 Å². The Kier molecular flexibility index (Phi) is 4.26. The van der Waals surface area contributed by atoms with Crippen molar-refractivity contribution in [2.45, 2.75) is 32.7 Å². The van der Waals surface area contributed by atoms with Gasteiger partial charge in [0.1, 0.15) is 0 Å². The Morgan fingerprint density at radius 1 is 1.15 bits per heavy atom. The van der Waals surface area contributed by atoms with Gasteiger partial charge < -0.3 is 10.4 Å². The molecule has 0 aliphatic heterocycles. The molecular weight excluding hydrogens is 330 g/mol. The standard InChI is InChI=1S/C20H23N3O3/c1-12-2-4-13(5-3-12)11-23-9-8-16(22-23)21-19(24)17-14-6-7-15(10-14)18(17)20(25)26/h2-5,8-9,14-15,17-18H,6-7,10-11H2,1H3,(H,25,26)(H,21,22,24)/t14-,15-,17+,18+/m0/s1. The van der Waals surface area contributed by atoms with Crippen LogP contribution < -0.4 is 5.32 Å². The number of amides is 1. The number of aromatic nitrogens is 2. The molecule has 0 radical (unpaired) electrons. The van der Waals surface area contributed by atoms with Gasteiger partial charge in [-0.1, -0.05) is 29.8 Å². The Balaban J connectivity index is 1.43. The molecule has 6 nitrogen and oxygen atoms in total. The Morgan fingerprint density at radius 2 is 1.85 bits per heavy atom. The van der Waals surface area contributed by atoms with E-state index >= 15 is 0 Å². The number of carbonyl (C=O) groups is 2. The van der Waals surface area contributed by atoms with Gasteiger partial charge in [0, 0.05) is 12.3 Å². The first-order valence-corrected chi connectivity index (χ1v) is 9.14. The van der Waals surface area contributed by atoms with E-state index in [2.05, 4.69) is 34.7 Å². The second-order valence-electron chi connectivity index (χ2n) is 7.60. The minimum Gasteiger partial charge on any atom is -0.481 e. The smallest absolute Gasteiger partial charge is 0.307 e. The molecule has 4 rings (SSSR count). The van der Waals surface area contributed by atoms with Gasteiger partial charge in [0.05, 0.1) is 18.4 Å². The maximum Gasteiger partial charge on any atom is 0.307 e. The predicted molar refractivity (Wildman–Crippen MR) is 96.6 cm³/mol. The Hall–Kier alpha value is -2.63. The minimum absolute atomic E-state index is 0.146. The lowest BCUT2D eigenvalue weighted by Crippen LogP contribution is -2.37. The van der Waals surface area contributed by atoms with Crippen molar-refractivity contribution in [2.24, 2.45) is 23.7 Å². The summed E-state index contributed by atoms with van der Waals surface area (Å²) in [6, 6.07) is 9.99. The molecule has 2 aliphatic carbocycles. The van der Waals surface area contributed by atoms with Crippen LogP contribution in [0.15, 0.2) is 36.5 Å². The molecule has 0 unspecified atom stereocenters. The quantitative estimate of drug-likeness (QED) is 0.866. The summed E-state index contributed by atoms with van der Waals surface area (Å²) in [6.45, 7) is 2.67. The van der Waals surface area contributed by atoms with Gasteiger partial charge in [0.2, 0.25) is 5.91 Å². The van der Waals surface area contributed by atoms with E-state index in [1.54, 1.807) is 10.7 Å². The summed E-state index contributed by atoms with van der Waals surface area (Å²) in [5.74, 6) is -1.22. The van der Waals surface area contributed by atoms with Crippen LogP contribution in [0.4, 0.5) is 5.82 Å². The molecule has 6 heteroatoms. The number of hydrogen-bond donors (Lipinski definition) is 2. The number of aryl methyl sites for hydroxylation is 1. The van der Waals surface area contributed by atoms with Crippen molar-refractivity contribution in [1.29, 1.82) is 0 Å². The zero-order valence-corrected chi connectivity index (χ0v) is 14.8. The molecule has 0 spiro atoms. The Morgan fingerprint density at radius 3 is 2.54 bits per heavy atom. The van der Waals surface area contributed by atoms with E-state index in [0.717, 1.165) is 24.8 Å². The largest absolute Gasteiger partial charge is 0.481 e. The van der Waals surface area contributed by atoms with E-state index in [1.807, 2.05) is 13.1 Å². The lowest BCUT2D eigenvalue weighted by molar-refractivity contribution is -0.148. The molecule has 2 aromatic rings. The van der Waals surface area contributed by atoms with Crippen LogP contribution in [0, 0.1) is 30.6 Å². The lowest BCUT2D eigenvalue weighted by Gasteiger charge is -2.26.